The fourth-order valence-electron chi connectivity index (χ4n) is 2.96. The minimum atomic E-state index is -0.476. The lowest BCUT2D eigenvalue weighted by molar-refractivity contribution is -0.117. The molecule has 1 saturated carbocycles. The summed E-state index contributed by atoms with van der Waals surface area (Å²) in [7, 11) is 0. The molecule has 7 nitrogen and oxygen atoms in total. The maximum atomic E-state index is 11.9. The zero-order chi connectivity index (χ0) is 18.2. The van der Waals surface area contributed by atoms with Crippen LogP contribution in [-0.4, -0.2) is 38.5 Å². The maximum Gasteiger partial charge on any atom is 0.321 e. The first kappa shape index (κ1) is 19.5. The number of allylic oxidation sites excluding steroid dienone is 1. The number of aromatic nitrogens is 3. The number of nitrogens with zero attached hydrogens (tertiary/aromatic N) is 3. The summed E-state index contributed by atoms with van der Waals surface area (Å²) in [6, 6.07) is -0.495. The van der Waals surface area contributed by atoms with Crippen LogP contribution >= 0.6 is 11.8 Å². The molecule has 138 valence electrons. The largest absolute Gasteiger partial charge is 0.336 e. The molecule has 1 aromatic rings. The lowest BCUT2D eigenvalue weighted by atomic mass is 9.89. The van der Waals surface area contributed by atoms with Crippen molar-refractivity contribution in [3.63, 3.8) is 0 Å². The minimum Gasteiger partial charge on any atom is -0.336 e. The molecule has 1 heterocycles. The Labute approximate surface area is 153 Å². The van der Waals surface area contributed by atoms with Gasteiger partial charge in [-0.05, 0) is 26.7 Å². The molecule has 0 atom stereocenters. The van der Waals surface area contributed by atoms with E-state index in [1.165, 1.54) is 31.0 Å². The summed E-state index contributed by atoms with van der Waals surface area (Å²) in [6.07, 6.45) is 7.82. The summed E-state index contributed by atoms with van der Waals surface area (Å²) in [6.45, 7) is 8.10. The summed E-state index contributed by atoms with van der Waals surface area (Å²) in [4.78, 5) is 23.5. The van der Waals surface area contributed by atoms with Crippen LogP contribution in [-0.2, 0) is 11.3 Å². The Morgan fingerprint density at radius 2 is 2.04 bits per heavy atom. The van der Waals surface area contributed by atoms with Crippen molar-refractivity contribution in [1.29, 1.82) is 0 Å². The van der Waals surface area contributed by atoms with E-state index in [-0.39, 0.29) is 17.7 Å². The normalized spacial score (nSPS) is 15.2. The van der Waals surface area contributed by atoms with Crippen LogP contribution in [0.25, 0.3) is 0 Å². The van der Waals surface area contributed by atoms with Gasteiger partial charge in [0.25, 0.3) is 0 Å². The number of carbonyl (C=O) groups is 2. The van der Waals surface area contributed by atoms with Crippen LogP contribution in [0, 0.1) is 0 Å². The molecule has 1 fully saturated rings. The van der Waals surface area contributed by atoms with Gasteiger partial charge in [-0.25, -0.2) is 4.79 Å². The zero-order valence-corrected chi connectivity index (χ0v) is 15.8. The summed E-state index contributed by atoms with van der Waals surface area (Å²) in [5.74, 6) is 1.18. The van der Waals surface area contributed by atoms with E-state index in [0.29, 0.717) is 17.6 Å². The number of rotatable bonds is 7. The quantitative estimate of drug-likeness (QED) is 0.573. The molecular weight excluding hydrogens is 338 g/mol. The average molecular weight is 366 g/mol. The molecular formula is C17H27N5O2S. The number of hydrogen-bond acceptors (Lipinski definition) is 5. The number of urea groups is 1. The minimum absolute atomic E-state index is 0.0193. The SMILES string of the molecule is C=CCn1c(SCC(=O)NC(=O)NC(C)C)nnc1C1CCCCC1. The van der Waals surface area contributed by atoms with Crippen molar-refractivity contribution in [2.45, 2.75) is 69.6 Å². The molecule has 0 spiro atoms. The lowest BCUT2D eigenvalue weighted by Gasteiger charge is -2.21. The standard InChI is InChI=1S/C17H27N5O2S/c1-4-10-22-15(13-8-6-5-7-9-13)20-21-17(22)25-11-14(23)19-16(24)18-12(2)3/h4,12-13H,1,5-11H2,2-3H3,(H2,18,19,23,24). The summed E-state index contributed by atoms with van der Waals surface area (Å²) < 4.78 is 2.04. The highest BCUT2D eigenvalue weighted by Crippen LogP contribution is 2.33. The third kappa shape index (κ3) is 5.88. The molecule has 0 aromatic carbocycles. The topological polar surface area (TPSA) is 88.9 Å². The Balaban J connectivity index is 1.96. The van der Waals surface area contributed by atoms with Crippen LogP contribution in [0.2, 0.25) is 0 Å². The summed E-state index contributed by atoms with van der Waals surface area (Å²) >= 11 is 1.29. The second-order valence-corrected chi connectivity index (χ2v) is 7.48. The van der Waals surface area contributed by atoms with Crippen LogP contribution in [0.1, 0.15) is 57.7 Å². The third-order valence-corrected chi connectivity index (χ3v) is 5.00. The zero-order valence-electron chi connectivity index (χ0n) is 15.0. The first-order chi connectivity index (χ1) is 12.0. The fraction of sp³-hybridized carbons (Fsp3) is 0.647. The van der Waals surface area contributed by atoms with Gasteiger partial charge < -0.3 is 9.88 Å². The molecule has 1 aliphatic rings. The first-order valence-corrected chi connectivity index (χ1v) is 9.77. The van der Waals surface area contributed by atoms with Gasteiger partial charge >= 0.3 is 6.03 Å². The molecule has 0 radical (unpaired) electrons. The smallest absolute Gasteiger partial charge is 0.321 e. The van der Waals surface area contributed by atoms with E-state index in [2.05, 4.69) is 27.4 Å². The van der Waals surface area contributed by atoms with Crippen molar-refractivity contribution in [3.8, 4) is 0 Å². The molecule has 25 heavy (non-hydrogen) atoms. The van der Waals surface area contributed by atoms with Gasteiger partial charge in [0.05, 0.1) is 5.75 Å². The number of nitrogens with one attached hydrogen (secondary N) is 2. The van der Waals surface area contributed by atoms with Crippen molar-refractivity contribution in [3.05, 3.63) is 18.5 Å². The predicted molar refractivity (Wildman–Crippen MR) is 98.6 cm³/mol. The van der Waals surface area contributed by atoms with Crippen molar-refractivity contribution < 1.29 is 9.59 Å². The van der Waals surface area contributed by atoms with E-state index >= 15 is 0 Å². The Bertz CT molecular complexity index is 608. The van der Waals surface area contributed by atoms with Crippen LogP contribution in [0.15, 0.2) is 17.8 Å². The van der Waals surface area contributed by atoms with E-state index in [9.17, 15) is 9.59 Å². The van der Waals surface area contributed by atoms with E-state index in [4.69, 9.17) is 0 Å². The summed E-state index contributed by atoms with van der Waals surface area (Å²) in [5.41, 5.74) is 0. The second-order valence-electron chi connectivity index (χ2n) is 6.54. The van der Waals surface area contributed by atoms with Gasteiger partial charge in [0, 0.05) is 18.5 Å². The lowest BCUT2D eigenvalue weighted by Crippen LogP contribution is -2.43. The molecule has 0 unspecified atom stereocenters. The third-order valence-electron chi connectivity index (χ3n) is 4.03. The van der Waals surface area contributed by atoms with Gasteiger partial charge in [-0.15, -0.1) is 16.8 Å². The van der Waals surface area contributed by atoms with E-state index in [1.807, 2.05) is 24.5 Å². The first-order valence-electron chi connectivity index (χ1n) is 8.78. The molecule has 0 saturated heterocycles. The van der Waals surface area contributed by atoms with Gasteiger partial charge in [0.1, 0.15) is 5.82 Å². The Morgan fingerprint density at radius 3 is 2.68 bits per heavy atom. The van der Waals surface area contributed by atoms with Crippen LogP contribution in [0.4, 0.5) is 4.79 Å². The van der Waals surface area contributed by atoms with E-state index in [0.717, 1.165) is 18.7 Å². The fourth-order valence-corrected chi connectivity index (χ4v) is 3.72. The van der Waals surface area contributed by atoms with Crippen LogP contribution < -0.4 is 10.6 Å². The van der Waals surface area contributed by atoms with E-state index in [1.54, 1.807) is 0 Å². The molecule has 0 aliphatic heterocycles. The molecule has 3 amide bonds. The monoisotopic (exact) mass is 365 g/mol. The highest BCUT2D eigenvalue weighted by atomic mass is 32.2. The van der Waals surface area contributed by atoms with Crippen LogP contribution in [0.3, 0.4) is 0 Å². The Hall–Kier alpha value is -1.83. The highest BCUT2D eigenvalue weighted by Gasteiger charge is 2.23. The average Bonchev–Trinajstić information content (AvgIpc) is 2.96. The van der Waals surface area contributed by atoms with Crippen molar-refractivity contribution in [2.75, 3.05) is 5.75 Å². The van der Waals surface area contributed by atoms with Crippen molar-refractivity contribution in [2.24, 2.45) is 0 Å². The highest BCUT2D eigenvalue weighted by molar-refractivity contribution is 7.99. The molecule has 1 aliphatic carbocycles. The number of amides is 3. The maximum absolute atomic E-state index is 11.9. The predicted octanol–water partition coefficient (Wildman–Crippen LogP) is 2.84. The molecule has 2 rings (SSSR count). The van der Waals surface area contributed by atoms with Gasteiger partial charge in [-0.2, -0.15) is 0 Å². The van der Waals surface area contributed by atoms with Gasteiger partial charge in [-0.1, -0.05) is 37.1 Å². The Morgan fingerprint density at radius 1 is 1.32 bits per heavy atom. The van der Waals surface area contributed by atoms with Crippen molar-refractivity contribution in [1.82, 2.24) is 25.4 Å². The molecule has 2 N–H and O–H groups in total. The van der Waals surface area contributed by atoms with Gasteiger partial charge in [-0.3, -0.25) is 10.1 Å². The molecule has 0 bridgehead atoms. The number of thioether (sulfide) groups is 1. The van der Waals surface area contributed by atoms with Gasteiger partial charge in [0.15, 0.2) is 5.16 Å². The molecule has 1 aromatic heterocycles. The van der Waals surface area contributed by atoms with E-state index < -0.39 is 6.03 Å². The van der Waals surface area contributed by atoms with Crippen LogP contribution in [0.5, 0.6) is 0 Å². The summed E-state index contributed by atoms with van der Waals surface area (Å²) in [5, 5.41) is 14.3. The second kappa shape index (κ2) is 9.60. The van der Waals surface area contributed by atoms with Crippen molar-refractivity contribution >= 4 is 23.7 Å². The number of carbonyl (C=O) groups excluding carboxylic acids is 2. The number of imide groups is 1. The molecule has 8 heteroatoms. The Kier molecular flexibility index (Phi) is 7.49. The number of hydrogen-bond donors (Lipinski definition) is 2. The van der Waals surface area contributed by atoms with Gasteiger partial charge in [0.2, 0.25) is 5.91 Å².